The Balaban J connectivity index is 1.52. The molecule has 0 fully saturated rings. The highest BCUT2D eigenvalue weighted by atomic mass is 32.2. The Morgan fingerprint density at radius 3 is 2.71 bits per heavy atom. The Morgan fingerprint density at radius 2 is 1.93 bits per heavy atom. The normalized spacial score (nSPS) is 12.8. The summed E-state index contributed by atoms with van der Waals surface area (Å²) in [6, 6.07) is 12.2. The Morgan fingerprint density at radius 1 is 1.14 bits per heavy atom. The van der Waals surface area contributed by atoms with Crippen molar-refractivity contribution in [2.24, 2.45) is 0 Å². The van der Waals surface area contributed by atoms with Gasteiger partial charge in [-0.15, -0.1) is 16.8 Å². The van der Waals surface area contributed by atoms with Crippen LogP contribution in [0.5, 0.6) is 0 Å². The van der Waals surface area contributed by atoms with Crippen LogP contribution in [0.1, 0.15) is 27.9 Å². The highest BCUT2D eigenvalue weighted by Gasteiger charge is 2.17. The zero-order chi connectivity index (χ0) is 19.5. The van der Waals surface area contributed by atoms with Gasteiger partial charge in [-0.05, 0) is 60.7 Å². The number of thioether (sulfide) groups is 1. The van der Waals surface area contributed by atoms with Crippen LogP contribution in [0.2, 0.25) is 0 Å². The fourth-order valence-electron chi connectivity index (χ4n) is 3.46. The molecule has 3 aromatic rings. The lowest BCUT2D eigenvalue weighted by Crippen LogP contribution is -2.06. The molecular weight excluding hydrogens is 373 g/mol. The molecule has 1 aromatic heterocycles. The molecule has 0 amide bonds. The second kappa shape index (κ2) is 8.10. The molecule has 0 bridgehead atoms. The molecule has 1 aliphatic carbocycles. The Hall–Kier alpha value is -2.73. The highest BCUT2D eigenvalue weighted by Crippen LogP contribution is 2.26. The quantitative estimate of drug-likeness (QED) is 0.331. The van der Waals surface area contributed by atoms with E-state index in [1.807, 2.05) is 16.7 Å². The first-order chi connectivity index (χ1) is 13.7. The molecule has 1 heterocycles. The third-order valence-electron chi connectivity index (χ3n) is 4.88. The van der Waals surface area contributed by atoms with Gasteiger partial charge in [0.1, 0.15) is 5.82 Å². The van der Waals surface area contributed by atoms with Crippen molar-refractivity contribution in [2.45, 2.75) is 31.0 Å². The van der Waals surface area contributed by atoms with Crippen molar-refractivity contribution in [3.8, 4) is 11.4 Å². The lowest BCUT2D eigenvalue weighted by molar-refractivity contribution is 0.102. The van der Waals surface area contributed by atoms with E-state index in [-0.39, 0.29) is 17.4 Å². The summed E-state index contributed by atoms with van der Waals surface area (Å²) in [7, 11) is 0. The van der Waals surface area contributed by atoms with Gasteiger partial charge in [0.25, 0.3) is 0 Å². The largest absolute Gasteiger partial charge is 0.298 e. The molecule has 0 radical (unpaired) electrons. The maximum atomic E-state index is 13.2. The van der Waals surface area contributed by atoms with Gasteiger partial charge in [-0.25, -0.2) is 4.39 Å². The highest BCUT2D eigenvalue weighted by molar-refractivity contribution is 7.99. The van der Waals surface area contributed by atoms with Crippen molar-refractivity contribution in [3.63, 3.8) is 0 Å². The van der Waals surface area contributed by atoms with Crippen molar-refractivity contribution in [1.82, 2.24) is 14.8 Å². The molecule has 1 aliphatic rings. The summed E-state index contributed by atoms with van der Waals surface area (Å²) in [6.07, 6.45) is 5.08. The monoisotopic (exact) mass is 393 g/mol. The number of hydrogen-bond donors (Lipinski definition) is 0. The number of carbonyl (C=O) groups is 1. The predicted octanol–water partition coefficient (Wildman–Crippen LogP) is 4.73. The van der Waals surface area contributed by atoms with E-state index in [2.05, 4.69) is 22.8 Å². The van der Waals surface area contributed by atoms with E-state index in [0.717, 1.165) is 24.0 Å². The maximum Gasteiger partial charge on any atom is 0.192 e. The second-order valence-electron chi connectivity index (χ2n) is 6.76. The topological polar surface area (TPSA) is 47.8 Å². The number of allylic oxidation sites excluding steroid dienone is 1. The number of halogens is 1. The van der Waals surface area contributed by atoms with Crippen molar-refractivity contribution >= 4 is 17.5 Å². The Labute approximate surface area is 167 Å². The lowest BCUT2D eigenvalue weighted by Gasteiger charge is -2.08. The van der Waals surface area contributed by atoms with Gasteiger partial charge < -0.3 is 0 Å². The van der Waals surface area contributed by atoms with Gasteiger partial charge in [-0.1, -0.05) is 30.0 Å². The molecule has 0 unspecified atom stereocenters. The fraction of sp³-hybridized carbons (Fsp3) is 0.227. The minimum absolute atomic E-state index is 0.0798. The van der Waals surface area contributed by atoms with Crippen LogP contribution in [0.4, 0.5) is 4.39 Å². The van der Waals surface area contributed by atoms with E-state index >= 15 is 0 Å². The van der Waals surface area contributed by atoms with E-state index in [4.69, 9.17) is 0 Å². The number of fused-ring (bicyclic) bond motifs is 1. The zero-order valence-electron chi connectivity index (χ0n) is 15.4. The van der Waals surface area contributed by atoms with Crippen LogP contribution in [0, 0.1) is 5.82 Å². The number of Topliss-reactive ketones (excluding diaryl/α,β-unsaturated/α-hetero) is 1. The van der Waals surface area contributed by atoms with Crippen molar-refractivity contribution in [1.29, 1.82) is 0 Å². The lowest BCUT2D eigenvalue weighted by atomic mass is 10.0. The molecule has 6 heteroatoms. The molecule has 4 rings (SSSR count). The summed E-state index contributed by atoms with van der Waals surface area (Å²) >= 11 is 1.36. The number of aromatic nitrogens is 3. The van der Waals surface area contributed by atoms with Gasteiger partial charge >= 0.3 is 0 Å². The summed E-state index contributed by atoms with van der Waals surface area (Å²) in [6.45, 7) is 4.30. The maximum absolute atomic E-state index is 13.2. The molecule has 0 saturated carbocycles. The van der Waals surface area contributed by atoms with E-state index in [1.165, 1.54) is 41.4 Å². The van der Waals surface area contributed by atoms with Gasteiger partial charge in [0.05, 0.1) is 5.75 Å². The number of aryl methyl sites for hydroxylation is 2. The summed E-state index contributed by atoms with van der Waals surface area (Å²) in [5, 5.41) is 9.13. The molecule has 4 nitrogen and oxygen atoms in total. The minimum atomic E-state index is -0.298. The standard InChI is InChI=1S/C22H20FN3OS/c1-2-12-26-21(16-8-10-19(23)11-9-16)24-25-22(26)28-14-20(27)18-7-6-15-4-3-5-17(15)13-18/h2,6-11,13H,1,3-5,12,14H2. The smallest absolute Gasteiger partial charge is 0.192 e. The Bertz CT molecular complexity index is 1030. The molecular formula is C22H20FN3OS. The summed E-state index contributed by atoms with van der Waals surface area (Å²) in [5.74, 6) is 0.703. The second-order valence-corrected chi connectivity index (χ2v) is 7.70. The van der Waals surface area contributed by atoms with E-state index < -0.39 is 0 Å². The van der Waals surface area contributed by atoms with Crippen LogP contribution in [0.25, 0.3) is 11.4 Å². The molecule has 0 aliphatic heterocycles. The van der Waals surface area contributed by atoms with Gasteiger partial charge in [0.2, 0.25) is 0 Å². The van der Waals surface area contributed by atoms with E-state index in [9.17, 15) is 9.18 Å². The summed E-state index contributed by atoms with van der Waals surface area (Å²) in [5.41, 5.74) is 4.18. The third kappa shape index (κ3) is 3.78. The summed E-state index contributed by atoms with van der Waals surface area (Å²) in [4.78, 5) is 12.7. The number of rotatable bonds is 7. The zero-order valence-corrected chi connectivity index (χ0v) is 16.2. The van der Waals surface area contributed by atoms with Gasteiger partial charge in [-0.3, -0.25) is 9.36 Å². The molecule has 2 aromatic carbocycles. The summed E-state index contributed by atoms with van der Waals surface area (Å²) < 4.78 is 15.1. The number of hydrogen-bond acceptors (Lipinski definition) is 4. The van der Waals surface area contributed by atoms with Crippen LogP contribution >= 0.6 is 11.8 Å². The molecule has 0 spiro atoms. The SMILES string of the molecule is C=CCn1c(SCC(=O)c2ccc3c(c2)CCC3)nnc1-c1ccc(F)cc1. The molecule has 142 valence electrons. The van der Waals surface area contributed by atoms with Crippen molar-refractivity contribution < 1.29 is 9.18 Å². The molecule has 0 atom stereocenters. The first kappa shape index (κ1) is 18.6. The first-order valence-corrected chi connectivity index (χ1v) is 10.2. The van der Waals surface area contributed by atoms with Crippen LogP contribution < -0.4 is 0 Å². The van der Waals surface area contributed by atoms with Crippen LogP contribution in [0.15, 0.2) is 60.3 Å². The average molecular weight is 393 g/mol. The number of benzene rings is 2. The number of carbonyl (C=O) groups excluding carboxylic acids is 1. The first-order valence-electron chi connectivity index (χ1n) is 9.23. The van der Waals surface area contributed by atoms with E-state index in [1.54, 1.807) is 18.2 Å². The third-order valence-corrected chi connectivity index (χ3v) is 5.85. The van der Waals surface area contributed by atoms with Gasteiger partial charge in [-0.2, -0.15) is 0 Å². The molecule has 0 saturated heterocycles. The minimum Gasteiger partial charge on any atom is -0.298 e. The average Bonchev–Trinajstić information content (AvgIpc) is 3.33. The predicted molar refractivity (Wildman–Crippen MR) is 109 cm³/mol. The Kier molecular flexibility index (Phi) is 5.39. The van der Waals surface area contributed by atoms with E-state index in [0.29, 0.717) is 17.5 Å². The number of nitrogens with zero attached hydrogens (tertiary/aromatic N) is 3. The number of ketones is 1. The van der Waals surface area contributed by atoms with Crippen molar-refractivity contribution in [3.05, 3.63) is 77.6 Å². The van der Waals surface area contributed by atoms with Gasteiger partial charge in [0.15, 0.2) is 16.8 Å². The fourth-order valence-corrected chi connectivity index (χ4v) is 4.30. The van der Waals surface area contributed by atoms with Crippen molar-refractivity contribution in [2.75, 3.05) is 5.75 Å². The molecule has 28 heavy (non-hydrogen) atoms. The van der Waals surface area contributed by atoms with Crippen LogP contribution in [-0.2, 0) is 19.4 Å². The van der Waals surface area contributed by atoms with Crippen LogP contribution in [0.3, 0.4) is 0 Å². The molecule has 0 N–H and O–H groups in total. The van der Waals surface area contributed by atoms with Crippen LogP contribution in [-0.4, -0.2) is 26.3 Å². The van der Waals surface area contributed by atoms with Gasteiger partial charge in [0, 0.05) is 17.7 Å².